The van der Waals surface area contributed by atoms with Crippen molar-refractivity contribution < 1.29 is 28.7 Å². The van der Waals surface area contributed by atoms with Gasteiger partial charge in [0.25, 0.3) is 11.6 Å². The van der Waals surface area contributed by atoms with Gasteiger partial charge in [-0.3, -0.25) is 14.9 Å². The first-order valence-electron chi connectivity index (χ1n) is 7.91. The Hall–Kier alpha value is -3.82. The van der Waals surface area contributed by atoms with Crippen molar-refractivity contribution in [3.05, 3.63) is 52.1 Å². The number of rotatable bonds is 4. The highest BCUT2D eigenvalue weighted by atomic mass is 16.7. The maximum atomic E-state index is 12.2. The number of carbonyl (C=O) groups excluding carboxylic acids is 1. The fourth-order valence-corrected chi connectivity index (χ4v) is 2.59. The Labute approximate surface area is 152 Å². The lowest BCUT2D eigenvalue weighted by molar-refractivity contribution is -0.385. The molecule has 0 aromatic heterocycles. The maximum Gasteiger partial charge on any atom is 0.284 e. The van der Waals surface area contributed by atoms with E-state index >= 15 is 0 Å². The summed E-state index contributed by atoms with van der Waals surface area (Å²) in [6.45, 7) is 0.0207. The third-order valence-electron chi connectivity index (χ3n) is 3.90. The number of nitro groups is 1. The summed E-state index contributed by atoms with van der Waals surface area (Å²) in [5.41, 5.74) is 2.24. The number of nitrogens with one attached hydrogen (secondary N) is 1. The fourth-order valence-electron chi connectivity index (χ4n) is 2.59. The highest BCUT2D eigenvalue weighted by molar-refractivity contribution is 5.89. The van der Waals surface area contributed by atoms with E-state index in [2.05, 4.69) is 10.5 Å². The van der Waals surface area contributed by atoms with Gasteiger partial charge in [0, 0.05) is 0 Å². The highest BCUT2D eigenvalue weighted by Crippen LogP contribution is 2.37. The molecule has 1 atom stereocenters. The van der Waals surface area contributed by atoms with Crippen LogP contribution in [0.25, 0.3) is 0 Å². The summed E-state index contributed by atoms with van der Waals surface area (Å²) in [6.07, 6.45) is 0.277. The Bertz CT molecular complexity index is 944. The van der Waals surface area contributed by atoms with E-state index in [-0.39, 0.29) is 30.4 Å². The van der Waals surface area contributed by atoms with Gasteiger partial charge in [-0.25, -0.2) is 5.43 Å². The molecule has 0 radical (unpaired) electrons. The number of hydrogen-bond donors (Lipinski definition) is 1. The Morgan fingerprint density at radius 3 is 2.67 bits per heavy atom. The minimum absolute atomic E-state index is 0.00961. The van der Waals surface area contributed by atoms with Crippen LogP contribution in [0.15, 0.2) is 41.5 Å². The van der Waals surface area contributed by atoms with E-state index in [1.807, 2.05) is 0 Å². The number of para-hydroxylation sites is 2. The lowest BCUT2D eigenvalue weighted by Gasteiger charge is -2.24. The molecule has 0 unspecified atom stereocenters. The molecule has 0 bridgehead atoms. The van der Waals surface area contributed by atoms with Crippen molar-refractivity contribution in [1.29, 1.82) is 0 Å². The van der Waals surface area contributed by atoms with Gasteiger partial charge in [0.05, 0.1) is 22.8 Å². The summed E-state index contributed by atoms with van der Waals surface area (Å²) >= 11 is 0. The molecular weight excluding hydrogens is 358 g/mol. The summed E-state index contributed by atoms with van der Waals surface area (Å²) in [4.78, 5) is 22.8. The van der Waals surface area contributed by atoms with E-state index in [0.717, 1.165) is 6.21 Å². The SMILES string of the molecule is O=C(N/N=C\c1cc2c(cc1[N+](=O)[O-])OCO2)[C@H]1COc2ccccc2O1. The Morgan fingerprint density at radius 2 is 1.89 bits per heavy atom. The molecule has 2 aromatic carbocycles. The lowest BCUT2D eigenvalue weighted by Crippen LogP contribution is -2.42. The first-order chi connectivity index (χ1) is 13.1. The zero-order valence-corrected chi connectivity index (χ0v) is 13.8. The van der Waals surface area contributed by atoms with Crippen LogP contribution in [0, 0.1) is 10.1 Å². The third-order valence-corrected chi connectivity index (χ3v) is 3.90. The van der Waals surface area contributed by atoms with Gasteiger partial charge in [0.15, 0.2) is 23.0 Å². The molecule has 0 saturated heterocycles. The number of hydrogen-bond acceptors (Lipinski definition) is 8. The molecular formula is C17H13N3O7. The number of benzene rings is 2. The third kappa shape index (κ3) is 3.32. The molecule has 0 fully saturated rings. The Balaban J connectivity index is 1.45. The van der Waals surface area contributed by atoms with Crippen molar-refractivity contribution in [1.82, 2.24) is 5.43 Å². The molecule has 1 amide bonds. The molecule has 10 nitrogen and oxygen atoms in total. The predicted molar refractivity (Wildman–Crippen MR) is 91.3 cm³/mol. The van der Waals surface area contributed by atoms with E-state index in [4.69, 9.17) is 18.9 Å². The molecule has 0 saturated carbocycles. The molecule has 0 aliphatic carbocycles. The minimum atomic E-state index is -0.885. The Morgan fingerprint density at radius 1 is 1.15 bits per heavy atom. The zero-order valence-electron chi connectivity index (χ0n) is 13.8. The number of amides is 1. The molecule has 2 aliphatic heterocycles. The first kappa shape index (κ1) is 16.6. The number of nitro benzene ring substituents is 1. The summed E-state index contributed by atoms with van der Waals surface area (Å²) in [5.74, 6) is 1.13. The van der Waals surface area contributed by atoms with E-state index in [9.17, 15) is 14.9 Å². The lowest BCUT2D eigenvalue weighted by atomic mass is 10.1. The average molecular weight is 371 g/mol. The van der Waals surface area contributed by atoms with Crippen LogP contribution in [0.3, 0.4) is 0 Å². The molecule has 27 heavy (non-hydrogen) atoms. The van der Waals surface area contributed by atoms with Crippen LogP contribution in [-0.2, 0) is 4.79 Å². The second-order valence-electron chi connectivity index (χ2n) is 5.62. The number of carbonyl (C=O) groups is 1. The monoisotopic (exact) mass is 371 g/mol. The highest BCUT2D eigenvalue weighted by Gasteiger charge is 2.27. The fraction of sp³-hybridized carbons (Fsp3) is 0.176. The second-order valence-corrected chi connectivity index (χ2v) is 5.62. The van der Waals surface area contributed by atoms with Gasteiger partial charge in [-0.1, -0.05) is 12.1 Å². The number of ether oxygens (including phenoxy) is 4. The molecule has 0 spiro atoms. The predicted octanol–water partition coefficient (Wildman–Crippen LogP) is 1.61. The van der Waals surface area contributed by atoms with Crippen molar-refractivity contribution in [3.8, 4) is 23.0 Å². The molecule has 2 aromatic rings. The number of fused-ring (bicyclic) bond motifs is 2. The van der Waals surface area contributed by atoms with Crippen molar-refractivity contribution in [2.75, 3.05) is 13.4 Å². The van der Waals surface area contributed by atoms with Gasteiger partial charge >= 0.3 is 0 Å². The molecule has 10 heteroatoms. The van der Waals surface area contributed by atoms with Crippen LogP contribution in [0.4, 0.5) is 5.69 Å². The zero-order chi connectivity index (χ0) is 18.8. The summed E-state index contributed by atoms with van der Waals surface area (Å²) in [7, 11) is 0. The average Bonchev–Trinajstić information content (AvgIpc) is 3.14. The topological polar surface area (TPSA) is 122 Å². The number of hydrazone groups is 1. The van der Waals surface area contributed by atoms with Crippen LogP contribution >= 0.6 is 0 Å². The van der Waals surface area contributed by atoms with Gasteiger partial charge < -0.3 is 18.9 Å². The van der Waals surface area contributed by atoms with E-state index in [1.54, 1.807) is 24.3 Å². The van der Waals surface area contributed by atoms with Crippen LogP contribution in [0.2, 0.25) is 0 Å². The quantitative estimate of drug-likeness (QED) is 0.492. The van der Waals surface area contributed by atoms with E-state index < -0.39 is 16.9 Å². The molecule has 2 aliphatic rings. The van der Waals surface area contributed by atoms with Crippen molar-refractivity contribution >= 4 is 17.8 Å². The maximum absolute atomic E-state index is 12.2. The first-order valence-corrected chi connectivity index (χ1v) is 7.91. The van der Waals surface area contributed by atoms with Gasteiger partial charge in [0.1, 0.15) is 6.61 Å². The molecule has 4 rings (SSSR count). The van der Waals surface area contributed by atoms with Crippen molar-refractivity contribution in [2.45, 2.75) is 6.10 Å². The normalized spacial score (nSPS) is 17.0. The largest absolute Gasteiger partial charge is 0.485 e. The van der Waals surface area contributed by atoms with Crippen LogP contribution in [0.1, 0.15) is 5.56 Å². The standard InChI is InChI=1S/C17H13N3O7/c21-17(16-8-24-12-3-1-2-4-13(12)27-16)19-18-7-10-5-14-15(26-9-25-14)6-11(10)20(22)23/h1-7,16H,8-9H2,(H,19,21)/b18-7-/t16-/m1/s1. The molecule has 2 heterocycles. The van der Waals surface area contributed by atoms with E-state index in [0.29, 0.717) is 17.2 Å². The van der Waals surface area contributed by atoms with Crippen molar-refractivity contribution in [2.24, 2.45) is 5.10 Å². The van der Waals surface area contributed by atoms with Gasteiger partial charge in [-0.15, -0.1) is 0 Å². The van der Waals surface area contributed by atoms with Gasteiger partial charge in [0.2, 0.25) is 12.9 Å². The summed E-state index contributed by atoms with van der Waals surface area (Å²) in [6, 6.07) is 9.66. The summed E-state index contributed by atoms with van der Waals surface area (Å²) in [5, 5.41) is 15.0. The molecule has 1 N–H and O–H groups in total. The second kappa shape index (κ2) is 6.83. The summed E-state index contributed by atoms with van der Waals surface area (Å²) < 4.78 is 21.4. The van der Waals surface area contributed by atoms with Gasteiger partial charge in [-0.2, -0.15) is 5.10 Å². The van der Waals surface area contributed by atoms with Crippen LogP contribution in [0.5, 0.6) is 23.0 Å². The Kier molecular flexibility index (Phi) is 4.21. The van der Waals surface area contributed by atoms with E-state index in [1.165, 1.54) is 12.1 Å². The minimum Gasteiger partial charge on any atom is -0.485 e. The van der Waals surface area contributed by atoms with Crippen LogP contribution < -0.4 is 24.4 Å². The smallest absolute Gasteiger partial charge is 0.284 e. The van der Waals surface area contributed by atoms with Crippen LogP contribution in [-0.4, -0.2) is 36.5 Å². The molecule has 138 valence electrons. The number of nitrogens with zero attached hydrogens (tertiary/aromatic N) is 2. The van der Waals surface area contributed by atoms with Gasteiger partial charge in [-0.05, 0) is 18.2 Å². The van der Waals surface area contributed by atoms with Crippen molar-refractivity contribution in [3.63, 3.8) is 0 Å².